The Bertz CT molecular complexity index is 466. The van der Waals surface area contributed by atoms with Crippen molar-refractivity contribution >= 4 is 5.91 Å². The second-order valence-electron chi connectivity index (χ2n) is 4.73. The summed E-state index contributed by atoms with van der Waals surface area (Å²) in [7, 11) is 0. The zero-order chi connectivity index (χ0) is 13.7. The van der Waals surface area contributed by atoms with Crippen molar-refractivity contribution in [1.29, 1.82) is 0 Å². The van der Waals surface area contributed by atoms with Gasteiger partial charge in [0, 0.05) is 30.6 Å². The molecule has 1 amide bonds. The number of nitrogens with one attached hydrogen (secondary N) is 2. The molecule has 18 heavy (non-hydrogen) atoms. The zero-order valence-electron chi connectivity index (χ0n) is 11.0. The van der Waals surface area contributed by atoms with E-state index >= 15 is 0 Å². The maximum Gasteiger partial charge on any atom is 0.256 e. The van der Waals surface area contributed by atoms with Crippen molar-refractivity contribution in [2.75, 3.05) is 6.61 Å². The Hall–Kier alpha value is -1.62. The van der Waals surface area contributed by atoms with Crippen molar-refractivity contribution in [2.24, 2.45) is 5.92 Å². The number of aromatic nitrogens is 1. The van der Waals surface area contributed by atoms with Crippen LogP contribution in [0.4, 0.5) is 0 Å². The van der Waals surface area contributed by atoms with E-state index in [0.29, 0.717) is 12.1 Å². The fourth-order valence-electron chi connectivity index (χ4n) is 1.71. The van der Waals surface area contributed by atoms with Crippen LogP contribution in [0.15, 0.2) is 17.1 Å². The van der Waals surface area contributed by atoms with Gasteiger partial charge in [-0.25, -0.2) is 0 Å². The minimum absolute atomic E-state index is 0.00732. The average Bonchev–Trinajstić information content (AvgIpc) is 2.27. The summed E-state index contributed by atoms with van der Waals surface area (Å²) in [5.41, 5.74) is 0.520. The molecular weight excluding hydrogens is 232 g/mol. The van der Waals surface area contributed by atoms with Crippen LogP contribution >= 0.6 is 0 Å². The van der Waals surface area contributed by atoms with Crippen molar-refractivity contribution in [3.63, 3.8) is 0 Å². The lowest BCUT2D eigenvalue weighted by atomic mass is 10.0. The highest BCUT2D eigenvalue weighted by molar-refractivity contribution is 5.93. The Morgan fingerprint density at radius 3 is 2.67 bits per heavy atom. The van der Waals surface area contributed by atoms with E-state index in [2.05, 4.69) is 10.3 Å². The van der Waals surface area contributed by atoms with Gasteiger partial charge in [0.2, 0.25) is 0 Å². The normalized spacial score (nSPS) is 12.5. The van der Waals surface area contributed by atoms with E-state index in [9.17, 15) is 9.59 Å². The number of carbonyl (C=O) groups is 1. The van der Waals surface area contributed by atoms with Crippen LogP contribution < -0.4 is 10.7 Å². The van der Waals surface area contributed by atoms with Crippen LogP contribution in [-0.2, 0) is 0 Å². The number of aromatic amines is 1. The first kappa shape index (κ1) is 14.4. The number of aliphatic hydroxyl groups is 1. The first-order valence-corrected chi connectivity index (χ1v) is 6.06. The lowest BCUT2D eigenvalue weighted by Crippen LogP contribution is -2.40. The average molecular weight is 252 g/mol. The Balaban J connectivity index is 2.84. The van der Waals surface area contributed by atoms with Crippen LogP contribution in [0, 0.1) is 12.8 Å². The number of pyridine rings is 1. The molecule has 0 aliphatic heterocycles. The van der Waals surface area contributed by atoms with Crippen LogP contribution in [0.2, 0.25) is 0 Å². The van der Waals surface area contributed by atoms with E-state index in [1.54, 1.807) is 6.92 Å². The van der Waals surface area contributed by atoms with Crippen LogP contribution in [0.5, 0.6) is 0 Å². The minimum Gasteiger partial charge on any atom is -0.396 e. The molecule has 1 unspecified atom stereocenters. The molecule has 0 aliphatic carbocycles. The molecule has 5 nitrogen and oxygen atoms in total. The number of amides is 1. The van der Waals surface area contributed by atoms with Gasteiger partial charge in [0.05, 0.1) is 0 Å². The smallest absolute Gasteiger partial charge is 0.256 e. The highest BCUT2D eigenvalue weighted by atomic mass is 16.3. The first-order valence-electron chi connectivity index (χ1n) is 6.06. The fourth-order valence-corrected chi connectivity index (χ4v) is 1.71. The second-order valence-corrected chi connectivity index (χ2v) is 4.73. The highest BCUT2D eigenvalue weighted by Crippen LogP contribution is 2.06. The van der Waals surface area contributed by atoms with Gasteiger partial charge in [-0.05, 0) is 19.3 Å². The van der Waals surface area contributed by atoms with E-state index in [1.807, 2.05) is 13.8 Å². The predicted octanol–water partition coefficient (Wildman–Crippen LogP) is 0.820. The van der Waals surface area contributed by atoms with Crippen molar-refractivity contribution in [2.45, 2.75) is 33.2 Å². The summed E-state index contributed by atoms with van der Waals surface area (Å²) in [5, 5.41) is 11.7. The molecule has 0 saturated heterocycles. The molecule has 0 saturated carbocycles. The number of carbonyl (C=O) groups excluding carboxylic acids is 1. The molecule has 0 fully saturated rings. The fraction of sp³-hybridized carbons (Fsp3) is 0.538. The lowest BCUT2D eigenvalue weighted by Gasteiger charge is -2.21. The van der Waals surface area contributed by atoms with E-state index in [1.165, 1.54) is 12.3 Å². The van der Waals surface area contributed by atoms with Crippen LogP contribution in [0.3, 0.4) is 0 Å². The number of H-pyrrole nitrogens is 1. The third kappa shape index (κ3) is 3.70. The van der Waals surface area contributed by atoms with Gasteiger partial charge in [-0.3, -0.25) is 9.59 Å². The maximum absolute atomic E-state index is 12.0. The van der Waals surface area contributed by atoms with Gasteiger partial charge in [0.25, 0.3) is 5.91 Å². The van der Waals surface area contributed by atoms with Crippen LogP contribution in [-0.4, -0.2) is 28.6 Å². The Morgan fingerprint density at radius 1 is 1.50 bits per heavy atom. The first-order chi connectivity index (χ1) is 8.45. The van der Waals surface area contributed by atoms with E-state index in [0.717, 1.165) is 0 Å². The van der Waals surface area contributed by atoms with Gasteiger partial charge >= 0.3 is 0 Å². The summed E-state index contributed by atoms with van der Waals surface area (Å²) in [6.45, 7) is 5.68. The quantitative estimate of drug-likeness (QED) is 0.725. The van der Waals surface area contributed by atoms with E-state index in [-0.39, 0.29) is 29.6 Å². The van der Waals surface area contributed by atoms with Crippen molar-refractivity contribution < 1.29 is 9.90 Å². The molecule has 1 atom stereocenters. The van der Waals surface area contributed by atoms with Gasteiger partial charge in [-0.1, -0.05) is 13.8 Å². The third-order valence-corrected chi connectivity index (χ3v) is 2.86. The number of hydrogen-bond acceptors (Lipinski definition) is 3. The molecule has 1 aromatic rings. The summed E-state index contributed by atoms with van der Waals surface area (Å²) in [5.74, 6) is -0.200. The van der Waals surface area contributed by atoms with Crippen molar-refractivity contribution in [1.82, 2.24) is 10.3 Å². The molecule has 0 aromatic carbocycles. The van der Waals surface area contributed by atoms with Gasteiger partial charge in [-0.2, -0.15) is 0 Å². The predicted molar refractivity (Wildman–Crippen MR) is 69.6 cm³/mol. The van der Waals surface area contributed by atoms with E-state index < -0.39 is 5.91 Å². The van der Waals surface area contributed by atoms with Crippen LogP contribution in [0.1, 0.15) is 36.3 Å². The standard InChI is InChI=1S/C13H20N2O3/c1-8(2)11(4-5-16)15-13(18)10-7-14-9(3)6-12(10)17/h6-8,11,16H,4-5H2,1-3H3,(H,14,17)(H,15,18). The summed E-state index contributed by atoms with van der Waals surface area (Å²) >= 11 is 0. The highest BCUT2D eigenvalue weighted by Gasteiger charge is 2.18. The minimum atomic E-state index is -0.400. The second kappa shape index (κ2) is 6.35. The number of aryl methyl sites for hydroxylation is 1. The summed E-state index contributed by atoms with van der Waals surface area (Å²) in [4.78, 5) is 26.5. The molecule has 0 aliphatic rings. The molecule has 1 aromatic heterocycles. The SMILES string of the molecule is Cc1cc(=O)c(C(=O)NC(CCO)C(C)C)c[nH]1. The largest absolute Gasteiger partial charge is 0.396 e. The van der Waals surface area contributed by atoms with E-state index in [4.69, 9.17) is 5.11 Å². The molecule has 0 spiro atoms. The molecule has 0 bridgehead atoms. The lowest BCUT2D eigenvalue weighted by molar-refractivity contribution is 0.0915. The third-order valence-electron chi connectivity index (χ3n) is 2.86. The summed E-state index contributed by atoms with van der Waals surface area (Å²) < 4.78 is 0. The monoisotopic (exact) mass is 252 g/mol. The van der Waals surface area contributed by atoms with Gasteiger partial charge in [-0.15, -0.1) is 0 Å². The number of aliphatic hydroxyl groups excluding tert-OH is 1. The zero-order valence-corrected chi connectivity index (χ0v) is 11.0. The van der Waals surface area contributed by atoms with Crippen LogP contribution in [0.25, 0.3) is 0 Å². The van der Waals surface area contributed by atoms with Gasteiger partial charge in [0.1, 0.15) is 5.56 Å². The van der Waals surface area contributed by atoms with Crippen molar-refractivity contribution in [3.8, 4) is 0 Å². The topological polar surface area (TPSA) is 82.2 Å². The molecular formula is C13H20N2O3. The summed E-state index contributed by atoms with van der Waals surface area (Å²) in [6.07, 6.45) is 1.90. The molecule has 1 rings (SSSR count). The Kier molecular flexibility index (Phi) is 5.09. The van der Waals surface area contributed by atoms with Crippen molar-refractivity contribution in [3.05, 3.63) is 33.7 Å². The number of hydrogen-bond donors (Lipinski definition) is 3. The molecule has 3 N–H and O–H groups in total. The molecule has 0 radical (unpaired) electrons. The number of rotatable bonds is 5. The summed E-state index contributed by atoms with van der Waals surface area (Å²) in [6, 6.07) is 1.26. The molecule has 100 valence electrons. The Labute approximate surface area is 106 Å². The molecule has 1 heterocycles. The molecule has 5 heteroatoms. The maximum atomic E-state index is 12.0. The Morgan fingerprint density at radius 2 is 2.17 bits per heavy atom. The van der Waals surface area contributed by atoms with Gasteiger partial charge < -0.3 is 15.4 Å². The van der Waals surface area contributed by atoms with Gasteiger partial charge in [0.15, 0.2) is 5.43 Å².